The molecule has 3 heterocycles. The molecule has 0 amide bonds. The number of fused-ring (bicyclic) bond motifs is 1. The van der Waals surface area contributed by atoms with Crippen LogP contribution in [0.15, 0.2) is 24.5 Å². The lowest BCUT2D eigenvalue weighted by Crippen LogP contribution is -2.51. The van der Waals surface area contributed by atoms with Gasteiger partial charge in [0.05, 0.1) is 6.20 Å². The molecule has 1 aliphatic carbocycles. The Labute approximate surface area is 120 Å². The number of piperidine rings is 1. The third-order valence-electron chi connectivity index (χ3n) is 5.26. The summed E-state index contributed by atoms with van der Waals surface area (Å²) in [5, 5.41) is 3.63. The van der Waals surface area contributed by atoms with Gasteiger partial charge in [0.25, 0.3) is 0 Å². The standard InChI is InChI=1S/C16H23N3O/c1-19-14-8-11(14)9-15(19)16(13-5-3-7-18-13)20-12-4-2-6-17-10-12/h2,4,6,10-11,13-16,18H,3,5,7-9H2,1H3. The summed E-state index contributed by atoms with van der Waals surface area (Å²) in [4.78, 5) is 6.74. The minimum atomic E-state index is 0.250. The highest BCUT2D eigenvalue weighted by atomic mass is 16.5. The average molecular weight is 273 g/mol. The van der Waals surface area contributed by atoms with E-state index in [1.807, 2.05) is 18.3 Å². The van der Waals surface area contributed by atoms with E-state index in [0.717, 1.165) is 24.3 Å². The van der Waals surface area contributed by atoms with Crippen LogP contribution in [0.3, 0.4) is 0 Å². The number of hydrogen-bond acceptors (Lipinski definition) is 4. The minimum absolute atomic E-state index is 0.250. The smallest absolute Gasteiger partial charge is 0.138 e. The van der Waals surface area contributed by atoms with Crippen molar-refractivity contribution >= 4 is 0 Å². The predicted molar refractivity (Wildman–Crippen MR) is 77.7 cm³/mol. The molecular formula is C16H23N3O. The molecule has 4 heteroatoms. The Balaban J connectivity index is 1.53. The van der Waals surface area contributed by atoms with E-state index in [2.05, 4.69) is 22.2 Å². The molecule has 2 aliphatic heterocycles. The molecule has 5 atom stereocenters. The van der Waals surface area contributed by atoms with E-state index >= 15 is 0 Å². The van der Waals surface area contributed by atoms with Crippen molar-refractivity contribution in [2.45, 2.75) is 49.9 Å². The Morgan fingerprint density at radius 3 is 3.05 bits per heavy atom. The highest BCUT2D eigenvalue weighted by Gasteiger charge is 2.54. The average Bonchev–Trinajstić information content (AvgIpc) is 2.91. The van der Waals surface area contributed by atoms with Gasteiger partial charge in [-0.25, -0.2) is 0 Å². The Morgan fingerprint density at radius 2 is 2.40 bits per heavy atom. The fraction of sp³-hybridized carbons (Fsp3) is 0.688. The molecule has 0 spiro atoms. The first-order chi connectivity index (χ1) is 9.83. The molecule has 4 rings (SSSR count). The molecular weight excluding hydrogens is 250 g/mol. The first-order valence-corrected chi connectivity index (χ1v) is 7.85. The molecule has 1 aromatic rings. The molecule has 1 aromatic heterocycles. The van der Waals surface area contributed by atoms with Gasteiger partial charge in [0.15, 0.2) is 0 Å². The van der Waals surface area contributed by atoms with Crippen LogP contribution in [-0.4, -0.2) is 47.7 Å². The lowest BCUT2D eigenvalue weighted by Gasteiger charge is -2.35. The van der Waals surface area contributed by atoms with Crippen LogP contribution in [0, 0.1) is 5.92 Å². The molecule has 2 saturated heterocycles. The number of hydrogen-bond donors (Lipinski definition) is 1. The van der Waals surface area contributed by atoms with Gasteiger partial charge in [-0.15, -0.1) is 0 Å². The van der Waals surface area contributed by atoms with Crippen molar-refractivity contribution in [2.75, 3.05) is 13.6 Å². The van der Waals surface area contributed by atoms with Crippen molar-refractivity contribution in [3.05, 3.63) is 24.5 Å². The van der Waals surface area contributed by atoms with Gasteiger partial charge in [0.2, 0.25) is 0 Å². The molecule has 0 radical (unpaired) electrons. The number of likely N-dealkylation sites (N-methyl/N-ethyl adjacent to an activating group) is 1. The van der Waals surface area contributed by atoms with Crippen molar-refractivity contribution < 1.29 is 4.74 Å². The second kappa shape index (κ2) is 5.01. The van der Waals surface area contributed by atoms with E-state index in [0.29, 0.717) is 12.1 Å². The number of rotatable bonds is 4. The molecule has 4 nitrogen and oxygen atoms in total. The largest absolute Gasteiger partial charge is 0.486 e. The number of ether oxygens (including phenoxy) is 1. The van der Waals surface area contributed by atoms with E-state index in [1.165, 1.54) is 25.7 Å². The van der Waals surface area contributed by atoms with Gasteiger partial charge in [0, 0.05) is 24.3 Å². The monoisotopic (exact) mass is 273 g/mol. The van der Waals surface area contributed by atoms with E-state index < -0.39 is 0 Å². The van der Waals surface area contributed by atoms with Gasteiger partial charge in [0.1, 0.15) is 11.9 Å². The van der Waals surface area contributed by atoms with E-state index in [9.17, 15) is 0 Å². The maximum atomic E-state index is 6.35. The predicted octanol–water partition coefficient (Wildman–Crippen LogP) is 1.67. The Bertz CT molecular complexity index is 460. The normalized spacial score (nSPS) is 37.6. The van der Waals surface area contributed by atoms with Gasteiger partial charge in [-0.3, -0.25) is 9.88 Å². The zero-order chi connectivity index (χ0) is 13.5. The molecule has 5 unspecified atom stereocenters. The topological polar surface area (TPSA) is 37.4 Å². The van der Waals surface area contributed by atoms with Gasteiger partial charge >= 0.3 is 0 Å². The number of likely N-dealkylation sites (tertiary alicyclic amines) is 1. The molecule has 3 fully saturated rings. The zero-order valence-electron chi connectivity index (χ0n) is 12.0. The molecule has 3 aliphatic rings. The van der Waals surface area contributed by atoms with Crippen LogP contribution in [-0.2, 0) is 0 Å². The van der Waals surface area contributed by atoms with Gasteiger partial charge in [-0.05, 0) is 57.3 Å². The number of aromatic nitrogens is 1. The van der Waals surface area contributed by atoms with Crippen LogP contribution in [0.25, 0.3) is 0 Å². The minimum Gasteiger partial charge on any atom is -0.486 e. The van der Waals surface area contributed by atoms with Crippen LogP contribution >= 0.6 is 0 Å². The van der Waals surface area contributed by atoms with E-state index in [-0.39, 0.29) is 6.10 Å². The highest BCUT2D eigenvalue weighted by Crippen LogP contribution is 2.48. The Morgan fingerprint density at radius 1 is 1.45 bits per heavy atom. The summed E-state index contributed by atoms with van der Waals surface area (Å²) in [6, 6.07) is 5.82. The summed E-state index contributed by atoms with van der Waals surface area (Å²) < 4.78 is 6.35. The van der Waals surface area contributed by atoms with Crippen molar-refractivity contribution in [3.8, 4) is 5.75 Å². The zero-order valence-corrected chi connectivity index (χ0v) is 12.0. The molecule has 1 saturated carbocycles. The van der Waals surface area contributed by atoms with Crippen LogP contribution < -0.4 is 10.1 Å². The number of nitrogens with zero attached hydrogens (tertiary/aromatic N) is 2. The van der Waals surface area contributed by atoms with Crippen LogP contribution in [0.2, 0.25) is 0 Å². The third kappa shape index (κ3) is 2.21. The first-order valence-electron chi connectivity index (χ1n) is 7.85. The Hall–Kier alpha value is -1.13. The lowest BCUT2D eigenvalue weighted by atomic mass is 9.97. The fourth-order valence-electron chi connectivity index (χ4n) is 4.07. The maximum Gasteiger partial charge on any atom is 0.138 e. The SMILES string of the molecule is CN1C2CC2CC1C(Oc1cccnc1)C1CCCN1. The maximum absolute atomic E-state index is 6.35. The van der Waals surface area contributed by atoms with Crippen molar-refractivity contribution in [1.29, 1.82) is 0 Å². The van der Waals surface area contributed by atoms with E-state index in [1.54, 1.807) is 6.20 Å². The quantitative estimate of drug-likeness (QED) is 0.905. The van der Waals surface area contributed by atoms with Crippen LogP contribution in [0.1, 0.15) is 25.7 Å². The summed E-state index contributed by atoms with van der Waals surface area (Å²) in [7, 11) is 2.27. The molecule has 0 bridgehead atoms. The number of pyridine rings is 1. The van der Waals surface area contributed by atoms with Crippen molar-refractivity contribution in [1.82, 2.24) is 15.2 Å². The van der Waals surface area contributed by atoms with Crippen molar-refractivity contribution in [3.63, 3.8) is 0 Å². The number of nitrogens with one attached hydrogen (secondary N) is 1. The summed E-state index contributed by atoms with van der Waals surface area (Å²) in [6.07, 6.45) is 9.06. The lowest BCUT2D eigenvalue weighted by molar-refractivity contribution is 0.0670. The second-order valence-electron chi connectivity index (χ2n) is 6.51. The van der Waals surface area contributed by atoms with Gasteiger partial charge < -0.3 is 10.1 Å². The summed E-state index contributed by atoms with van der Waals surface area (Å²) in [5.41, 5.74) is 0. The molecule has 20 heavy (non-hydrogen) atoms. The van der Waals surface area contributed by atoms with Gasteiger partial charge in [-0.2, -0.15) is 0 Å². The molecule has 0 aromatic carbocycles. The summed E-state index contributed by atoms with van der Waals surface area (Å²) in [6.45, 7) is 1.13. The fourth-order valence-corrected chi connectivity index (χ4v) is 4.07. The second-order valence-corrected chi connectivity index (χ2v) is 6.51. The third-order valence-corrected chi connectivity index (χ3v) is 5.26. The van der Waals surface area contributed by atoms with Crippen LogP contribution in [0.5, 0.6) is 5.75 Å². The van der Waals surface area contributed by atoms with Crippen LogP contribution in [0.4, 0.5) is 0 Å². The molecule has 1 N–H and O–H groups in total. The van der Waals surface area contributed by atoms with E-state index in [4.69, 9.17) is 4.74 Å². The molecule has 108 valence electrons. The highest BCUT2D eigenvalue weighted by molar-refractivity contribution is 5.18. The summed E-state index contributed by atoms with van der Waals surface area (Å²) in [5.74, 6) is 1.83. The Kier molecular flexibility index (Phi) is 3.15. The first kappa shape index (κ1) is 12.6. The van der Waals surface area contributed by atoms with Gasteiger partial charge in [-0.1, -0.05) is 0 Å². The van der Waals surface area contributed by atoms with Crippen molar-refractivity contribution in [2.24, 2.45) is 5.92 Å². The summed E-state index contributed by atoms with van der Waals surface area (Å²) >= 11 is 0.